The lowest BCUT2D eigenvalue weighted by atomic mass is 9.68. The quantitative estimate of drug-likeness (QED) is 0.627. The van der Waals surface area contributed by atoms with Crippen LogP contribution < -0.4 is 5.32 Å². The third-order valence-electron chi connectivity index (χ3n) is 4.65. The Morgan fingerprint density at radius 1 is 1.37 bits per heavy atom. The molecule has 1 saturated carbocycles. The Labute approximate surface area is 117 Å². The molecular weight excluding hydrogens is 238 g/mol. The molecule has 0 atom stereocenters. The predicted octanol–water partition coefficient (Wildman–Crippen LogP) is 2.25. The molecule has 1 N–H and O–H groups in total. The van der Waals surface area contributed by atoms with E-state index in [1.807, 2.05) is 0 Å². The van der Waals surface area contributed by atoms with Gasteiger partial charge in [0.2, 0.25) is 0 Å². The average molecular weight is 267 g/mol. The minimum Gasteiger partial charge on any atom is -0.377 e. The van der Waals surface area contributed by atoms with Gasteiger partial charge in [-0.3, -0.25) is 4.99 Å². The van der Waals surface area contributed by atoms with Gasteiger partial charge in [-0.2, -0.15) is 0 Å². The molecule has 110 valence electrons. The Morgan fingerprint density at radius 2 is 2.11 bits per heavy atom. The average Bonchev–Trinajstić information content (AvgIpc) is 2.79. The van der Waals surface area contributed by atoms with Crippen LogP contribution in [0.5, 0.6) is 0 Å². The van der Waals surface area contributed by atoms with E-state index in [0.717, 1.165) is 19.0 Å². The van der Waals surface area contributed by atoms with E-state index in [1.54, 1.807) is 7.11 Å². The molecule has 0 amide bonds. The number of guanidine groups is 1. The Hall–Kier alpha value is -0.770. The molecule has 1 aliphatic heterocycles. The molecule has 2 rings (SSSR count). The molecule has 0 aromatic rings. The summed E-state index contributed by atoms with van der Waals surface area (Å²) in [6.07, 6.45) is 5.57. The number of likely N-dealkylation sites (tertiary alicyclic amines) is 1. The van der Waals surface area contributed by atoms with Gasteiger partial charge in [0, 0.05) is 26.7 Å². The first-order valence-electron chi connectivity index (χ1n) is 7.59. The summed E-state index contributed by atoms with van der Waals surface area (Å²) in [5.41, 5.74) is 0.432. The van der Waals surface area contributed by atoms with Crippen LogP contribution in [-0.2, 0) is 4.74 Å². The summed E-state index contributed by atoms with van der Waals surface area (Å²) < 4.78 is 5.45. The Kier molecular flexibility index (Phi) is 4.39. The molecule has 0 unspecified atom stereocenters. The molecule has 0 bridgehead atoms. The number of hydrogen-bond donors (Lipinski definition) is 1. The van der Waals surface area contributed by atoms with Gasteiger partial charge in [0.25, 0.3) is 0 Å². The van der Waals surface area contributed by atoms with Gasteiger partial charge in [-0.15, -0.1) is 0 Å². The van der Waals surface area contributed by atoms with Gasteiger partial charge in [-0.25, -0.2) is 0 Å². The van der Waals surface area contributed by atoms with Crippen molar-refractivity contribution in [3.63, 3.8) is 0 Å². The fourth-order valence-electron chi connectivity index (χ4n) is 2.96. The van der Waals surface area contributed by atoms with Gasteiger partial charge in [0.1, 0.15) is 0 Å². The summed E-state index contributed by atoms with van der Waals surface area (Å²) in [4.78, 5) is 7.21. The summed E-state index contributed by atoms with van der Waals surface area (Å²) in [7, 11) is 1.75. The second kappa shape index (κ2) is 5.70. The topological polar surface area (TPSA) is 36.9 Å². The maximum Gasteiger partial charge on any atom is 0.194 e. The first kappa shape index (κ1) is 14.6. The fraction of sp³-hybridized carbons (Fsp3) is 0.933. The van der Waals surface area contributed by atoms with Crippen LogP contribution in [0.1, 0.15) is 46.5 Å². The maximum absolute atomic E-state index is 5.45. The summed E-state index contributed by atoms with van der Waals surface area (Å²) in [5, 5.41) is 3.43. The van der Waals surface area contributed by atoms with Crippen molar-refractivity contribution >= 4 is 5.96 Å². The number of methoxy groups -OCH3 is 1. The molecule has 0 radical (unpaired) electrons. The van der Waals surface area contributed by atoms with Gasteiger partial charge in [-0.1, -0.05) is 6.42 Å². The van der Waals surface area contributed by atoms with Gasteiger partial charge in [0.05, 0.1) is 12.1 Å². The van der Waals surface area contributed by atoms with E-state index in [0.29, 0.717) is 12.0 Å². The molecule has 0 aromatic carbocycles. The molecule has 19 heavy (non-hydrogen) atoms. The number of nitrogens with one attached hydrogen (secondary N) is 1. The maximum atomic E-state index is 5.45. The van der Waals surface area contributed by atoms with Crippen LogP contribution in [0.2, 0.25) is 0 Å². The second-order valence-corrected chi connectivity index (χ2v) is 6.66. The van der Waals surface area contributed by atoms with E-state index in [-0.39, 0.29) is 5.60 Å². The van der Waals surface area contributed by atoms with Crippen molar-refractivity contribution in [2.75, 3.05) is 33.3 Å². The standard InChI is InChI=1S/C15H29N3O/c1-5-16-13(17-11-14(2,3)19-4)18-10-9-15(12-18)7-6-8-15/h5-12H2,1-4H3,(H,16,17). The molecule has 4 nitrogen and oxygen atoms in total. The number of ether oxygens (including phenoxy) is 1. The largest absolute Gasteiger partial charge is 0.377 e. The third-order valence-corrected chi connectivity index (χ3v) is 4.65. The van der Waals surface area contributed by atoms with Crippen molar-refractivity contribution in [3.05, 3.63) is 0 Å². The van der Waals surface area contributed by atoms with E-state index >= 15 is 0 Å². The lowest BCUT2D eigenvalue weighted by Gasteiger charge is -2.38. The molecule has 1 aliphatic carbocycles. The minimum absolute atomic E-state index is 0.186. The van der Waals surface area contributed by atoms with Crippen LogP contribution in [0.4, 0.5) is 0 Å². The lowest BCUT2D eigenvalue weighted by molar-refractivity contribution is 0.0309. The molecule has 0 aromatic heterocycles. The minimum atomic E-state index is -0.186. The summed E-state index contributed by atoms with van der Waals surface area (Å²) >= 11 is 0. The van der Waals surface area contributed by atoms with E-state index in [1.165, 1.54) is 32.2 Å². The third kappa shape index (κ3) is 3.41. The Balaban J connectivity index is 1.97. The highest BCUT2D eigenvalue weighted by atomic mass is 16.5. The lowest BCUT2D eigenvalue weighted by Crippen LogP contribution is -2.43. The zero-order valence-electron chi connectivity index (χ0n) is 13.0. The first-order chi connectivity index (χ1) is 9.00. The second-order valence-electron chi connectivity index (χ2n) is 6.66. The van der Waals surface area contributed by atoms with Crippen LogP contribution >= 0.6 is 0 Å². The van der Waals surface area contributed by atoms with Gasteiger partial charge < -0.3 is 15.0 Å². The van der Waals surface area contributed by atoms with Crippen LogP contribution in [0.25, 0.3) is 0 Å². The van der Waals surface area contributed by atoms with Crippen molar-refractivity contribution < 1.29 is 4.74 Å². The summed E-state index contributed by atoms with van der Waals surface area (Å²) in [5.74, 6) is 1.07. The number of hydrogen-bond acceptors (Lipinski definition) is 2. The number of rotatable bonds is 4. The van der Waals surface area contributed by atoms with Gasteiger partial charge in [0.15, 0.2) is 5.96 Å². The zero-order valence-corrected chi connectivity index (χ0v) is 13.0. The van der Waals surface area contributed by atoms with Crippen molar-refractivity contribution in [3.8, 4) is 0 Å². The van der Waals surface area contributed by atoms with Crippen molar-refractivity contribution in [2.45, 2.75) is 52.1 Å². The van der Waals surface area contributed by atoms with E-state index < -0.39 is 0 Å². The van der Waals surface area contributed by atoms with Crippen LogP contribution in [-0.4, -0.2) is 49.7 Å². The first-order valence-corrected chi connectivity index (χ1v) is 7.59. The zero-order chi connectivity index (χ0) is 13.9. The van der Waals surface area contributed by atoms with Gasteiger partial charge in [-0.05, 0) is 45.4 Å². The Morgan fingerprint density at radius 3 is 2.58 bits per heavy atom. The van der Waals surface area contributed by atoms with E-state index in [9.17, 15) is 0 Å². The SMILES string of the molecule is CCNC(=NCC(C)(C)OC)N1CCC2(CCC2)C1. The molecule has 2 aliphatic rings. The number of nitrogens with zero attached hydrogens (tertiary/aromatic N) is 2. The van der Waals surface area contributed by atoms with Crippen LogP contribution in [0.3, 0.4) is 0 Å². The Bertz CT molecular complexity index is 334. The fourth-order valence-corrected chi connectivity index (χ4v) is 2.96. The molecule has 2 fully saturated rings. The number of aliphatic imine (C=N–C) groups is 1. The summed E-state index contributed by atoms with van der Waals surface area (Å²) in [6, 6.07) is 0. The molecule has 1 heterocycles. The highest BCUT2D eigenvalue weighted by Gasteiger charge is 2.43. The molecular formula is C15H29N3O. The smallest absolute Gasteiger partial charge is 0.194 e. The van der Waals surface area contributed by atoms with Crippen LogP contribution in [0.15, 0.2) is 4.99 Å². The molecule has 4 heteroatoms. The van der Waals surface area contributed by atoms with E-state index in [4.69, 9.17) is 9.73 Å². The van der Waals surface area contributed by atoms with E-state index in [2.05, 4.69) is 31.0 Å². The highest BCUT2D eigenvalue weighted by molar-refractivity contribution is 5.80. The van der Waals surface area contributed by atoms with Crippen LogP contribution in [0, 0.1) is 5.41 Å². The van der Waals surface area contributed by atoms with Crippen molar-refractivity contribution in [1.29, 1.82) is 0 Å². The summed E-state index contributed by atoms with van der Waals surface area (Å²) in [6.45, 7) is 10.3. The molecule has 1 spiro atoms. The molecule has 1 saturated heterocycles. The van der Waals surface area contributed by atoms with Gasteiger partial charge >= 0.3 is 0 Å². The highest BCUT2D eigenvalue weighted by Crippen LogP contribution is 2.47. The van der Waals surface area contributed by atoms with Crippen molar-refractivity contribution in [1.82, 2.24) is 10.2 Å². The monoisotopic (exact) mass is 267 g/mol. The normalized spacial score (nSPS) is 22.7. The predicted molar refractivity (Wildman–Crippen MR) is 79.5 cm³/mol. The van der Waals surface area contributed by atoms with Crippen molar-refractivity contribution in [2.24, 2.45) is 10.4 Å².